The Bertz CT molecular complexity index is 674. The molecule has 19 heavy (non-hydrogen) atoms. The first-order valence-electron chi connectivity index (χ1n) is 5.96. The summed E-state index contributed by atoms with van der Waals surface area (Å²) >= 11 is 0. The monoisotopic (exact) mass is 280 g/mol. The number of benzene rings is 1. The molecule has 0 unspecified atom stereocenters. The van der Waals surface area contributed by atoms with E-state index < -0.39 is 10.0 Å². The number of primary sulfonamides is 1. The van der Waals surface area contributed by atoms with E-state index in [9.17, 15) is 8.42 Å². The predicted octanol–water partition coefficient (Wildman–Crippen LogP) is 1.31. The average molecular weight is 280 g/mol. The van der Waals surface area contributed by atoms with Crippen LogP contribution >= 0.6 is 0 Å². The van der Waals surface area contributed by atoms with E-state index in [0.29, 0.717) is 12.4 Å². The lowest BCUT2D eigenvalue weighted by Gasteiger charge is -2.07. The number of nitrogens with two attached hydrogens (primary N) is 1. The molecular weight excluding hydrogens is 264 g/mol. The molecule has 7 heteroatoms. The van der Waals surface area contributed by atoms with Crippen LogP contribution in [0.1, 0.15) is 18.9 Å². The summed E-state index contributed by atoms with van der Waals surface area (Å²) in [6.07, 6.45) is 0.763. The molecule has 1 aromatic heterocycles. The smallest absolute Gasteiger partial charge is 0.273 e. The van der Waals surface area contributed by atoms with Gasteiger partial charge in [-0.1, -0.05) is 36.8 Å². The normalized spacial score (nSPS) is 11.7. The van der Waals surface area contributed by atoms with Crippen LogP contribution in [-0.4, -0.2) is 23.2 Å². The van der Waals surface area contributed by atoms with Crippen LogP contribution in [0.5, 0.6) is 0 Å². The largest absolute Gasteiger partial charge is 0.297 e. The highest BCUT2D eigenvalue weighted by molar-refractivity contribution is 7.89. The van der Waals surface area contributed by atoms with Crippen LogP contribution in [0.2, 0.25) is 0 Å². The quantitative estimate of drug-likeness (QED) is 0.914. The predicted molar refractivity (Wildman–Crippen MR) is 71.9 cm³/mol. The maximum Gasteiger partial charge on any atom is 0.273 e. The Labute approximate surface area is 112 Å². The molecule has 1 heterocycles. The fraction of sp³-hybridized carbons (Fsp3) is 0.333. The molecule has 0 amide bonds. The maximum atomic E-state index is 11.5. The highest BCUT2D eigenvalue weighted by atomic mass is 32.2. The fourth-order valence-corrected chi connectivity index (χ4v) is 2.48. The van der Waals surface area contributed by atoms with Crippen LogP contribution in [0.15, 0.2) is 29.4 Å². The van der Waals surface area contributed by atoms with Gasteiger partial charge in [-0.3, -0.25) is 4.57 Å². The molecular formula is C12H16N4O2S. The van der Waals surface area contributed by atoms with Gasteiger partial charge in [-0.25, -0.2) is 13.6 Å². The first kappa shape index (κ1) is 13.7. The average Bonchev–Trinajstić information content (AvgIpc) is 2.74. The third kappa shape index (κ3) is 2.82. The molecule has 6 nitrogen and oxygen atoms in total. The van der Waals surface area contributed by atoms with Crippen molar-refractivity contribution in [2.24, 2.45) is 5.14 Å². The number of rotatable bonds is 4. The van der Waals surface area contributed by atoms with E-state index in [0.717, 1.165) is 17.5 Å². The molecule has 0 radical (unpaired) electrons. The minimum Gasteiger partial charge on any atom is -0.297 e. The molecule has 0 aliphatic heterocycles. The Balaban J connectivity index is 2.58. The molecule has 0 saturated carbocycles. The lowest BCUT2D eigenvalue weighted by molar-refractivity contribution is 0.559. The number of hydrogen-bond donors (Lipinski definition) is 1. The van der Waals surface area contributed by atoms with Crippen molar-refractivity contribution in [2.45, 2.75) is 32.0 Å². The van der Waals surface area contributed by atoms with E-state index in [2.05, 4.69) is 10.2 Å². The molecule has 0 bridgehead atoms. The zero-order valence-electron chi connectivity index (χ0n) is 10.9. The number of nitrogens with zero attached hydrogens (tertiary/aromatic N) is 3. The zero-order valence-corrected chi connectivity index (χ0v) is 11.7. The molecule has 0 aliphatic rings. The molecule has 0 saturated heterocycles. The van der Waals surface area contributed by atoms with E-state index in [1.807, 2.05) is 38.1 Å². The minimum absolute atomic E-state index is 0.190. The van der Waals surface area contributed by atoms with Crippen LogP contribution in [0, 0.1) is 6.92 Å². The van der Waals surface area contributed by atoms with Gasteiger partial charge < -0.3 is 0 Å². The van der Waals surface area contributed by atoms with Crippen molar-refractivity contribution < 1.29 is 8.42 Å². The first-order chi connectivity index (χ1) is 8.93. The Morgan fingerprint density at radius 1 is 1.21 bits per heavy atom. The van der Waals surface area contributed by atoms with E-state index in [1.54, 1.807) is 4.57 Å². The van der Waals surface area contributed by atoms with Gasteiger partial charge in [0.05, 0.1) is 0 Å². The summed E-state index contributed by atoms with van der Waals surface area (Å²) in [5.74, 6) is 0.519. The van der Waals surface area contributed by atoms with Crippen molar-refractivity contribution in [1.82, 2.24) is 14.8 Å². The third-order valence-electron chi connectivity index (χ3n) is 2.73. The molecule has 0 atom stereocenters. The molecule has 1 aromatic carbocycles. The summed E-state index contributed by atoms with van der Waals surface area (Å²) in [7, 11) is -3.86. The van der Waals surface area contributed by atoms with Crippen molar-refractivity contribution >= 4 is 10.0 Å². The van der Waals surface area contributed by atoms with Gasteiger partial charge in [0.2, 0.25) is 0 Å². The number of sulfonamides is 1. The Morgan fingerprint density at radius 3 is 2.37 bits per heavy atom. The van der Waals surface area contributed by atoms with Crippen LogP contribution in [-0.2, 0) is 16.6 Å². The van der Waals surface area contributed by atoms with E-state index >= 15 is 0 Å². The summed E-state index contributed by atoms with van der Waals surface area (Å²) in [6, 6.07) is 7.66. The van der Waals surface area contributed by atoms with Gasteiger partial charge in [0.25, 0.3) is 15.2 Å². The Kier molecular flexibility index (Phi) is 3.68. The molecule has 102 valence electrons. The fourth-order valence-electron chi connectivity index (χ4n) is 1.84. The first-order valence-corrected chi connectivity index (χ1v) is 7.51. The zero-order chi connectivity index (χ0) is 14.0. The van der Waals surface area contributed by atoms with Gasteiger partial charge in [-0.2, -0.15) is 0 Å². The lowest BCUT2D eigenvalue weighted by Crippen LogP contribution is -2.19. The van der Waals surface area contributed by atoms with E-state index in [4.69, 9.17) is 5.14 Å². The van der Waals surface area contributed by atoms with Crippen LogP contribution in [0.3, 0.4) is 0 Å². The second kappa shape index (κ2) is 5.10. The van der Waals surface area contributed by atoms with Crippen molar-refractivity contribution in [1.29, 1.82) is 0 Å². The molecule has 0 fully saturated rings. The summed E-state index contributed by atoms with van der Waals surface area (Å²) in [5.41, 5.74) is 1.94. The lowest BCUT2D eigenvalue weighted by atomic mass is 10.1. The molecule has 2 aromatic rings. The molecule has 2 N–H and O–H groups in total. The number of aromatic nitrogens is 3. The van der Waals surface area contributed by atoms with Crippen LogP contribution < -0.4 is 5.14 Å². The number of hydrogen-bond acceptors (Lipinski definition) is 4. The van der Waals surface area contributed by atoms with Gasteiger partial charge in [-0.15, -0.1) is 10.2 Å². The van der Waals surface area contributed by atoms with Crippen molar-refractivity contribution in [3.05, 3.63) is 29.8 Å². The SMILES string of the molecule is CCCn1c(-c2ccc(C)cc2)nnc1S(N)(=O)=O. The van der Waals surface area contributed by atoms with Crippen molar-refractivity contribution in [3.8, 4) is 11.4 Å². The van der Waals surface area contributed by atoms with Gasteiger partial charge in [0.15, 0.2) is 5.82 Å². The maximum absolute atomic E-state index is 11.5. The van der Waals surface area contributed by atoms with Gasteiger partial charge >= 0.3 is 0 Å². The topological polar surface area (TPSA) is 90.9 Å². The summed E-state index contributed by atoms with van der Waals surface area (Å²) in [5, 5.41) is 12.6. The molecule has 2 rings (SSSR count). The highest BCUT2D eigenvalue weighted by Gasteiger charge is 2.21. The summed E-state index contributed by atoms with van der Waals surface area (Å²) in [6.45, 7) is 4.43. The van der Waals surface area contributed by atoms with Gasteiger partial charge in [0.1, 0.15) is 0 Å². The van der Waals surface area contributed by atoms with Gasteiger partial charge in [-0.05, 0) is 13.3 Å². The molecule has 0 aliphatic carbocycles. The van der Waals surface area contributed by atoms with E-state index in [1.165, 1.54) is 0 Å². The van der Waals surface area contributed by atoms with Gasteiger partial charge in [0, 0.05) is 12.1 Å². The minimum atomic E-state index is -3.86. The Hall–Kier alpha value is -1.73. The Morgan fingerprint density at radius 2 is 1.84 bits per heavy atom. The second-order valence-electron chi connectivity index (χ2n) is 4.37. The standard InChI is InChI=1S/C12H16N4O2S/c1-3-8-16-11(10-6-4-9(2)5-7-10)14-15-12(16)19(13,17)18/h4-7H,3,8H2,1-2H3,(H2,13,17,18). The third-order valence-corrected chi connectivity index (χ3v) is 3.54. The summed E-state index contributed by atoms with van der Waals surface area (Å²) in [4.78, 5) is 0. The van der Waals surface area contributed by atoms with Crippen molar-refractivity contribution in [3.63, 3.8) is 0 Å². The van der Waals surface area contributed by atoms with Crippen LogP contribution in [0.25, 0.3) is 11.4 Å². The van der Waals surface area contributed by atoms with Crippen LogP contribution in [0.4, 0.5) is 0 Å². The summed E-state index contributed by atoms with van der Waals surface area (Å²) < 4.78 is 24.5. The molecule has 0 spiro atoms. The highest BCUT2D eigenvalue weighted by Crippen LogP contribution is 2.20. The number of aryl methyl sites for hydroxylation is 1. The van der Waals surface area contributed by atoms with Crippen molar-refractivity contribution in [2.75, 3.05) is 0 Å². The van der Waals surface area contributed by atoms with E-state index in [-0.39, 0.29) is 5.16 Å². The second-order valence-corrected chi connectivity index (χ2v) is 5.82.